The molecule has 0 heterocycles. The van der Waals surface area contributed by atoms with Crippen LogP contribution in [0.1, 0.15) is 5.56 Å². The van der Waals surface area contributed by atoms with Crippen molar-refractivity contribution in [2.75, 3.05) is 10.6 Å². The van der Waals surface area contributed by atoms with Crippen LogP contribution in [-0.4, -0.2) is 5.11 Å². The van der Waals surface area contributed by atoms with Gasteiger partial charge in [0, 0.05) is 6.07 Å². The van der Waals surface area contributed by atoms with Gasteiger partial charge in [-0.25, -0.2) is 8.78 Å². The zero-order chi connectivity index (χ0) is 16.3. The molecule has 8 heteroatoms. The fourth-order valence-electron chi connectivity index (χ4n) is 1.71. The SMILES string of the molecule is Fc1ccc(F)c(NC(=S)Nc2ccccc2C(F)(F)F)c1. The van der Waals surface area contributed by atoms with E-state index in [4.69, 9.17) is 12.2 Å². The molecule has 0 bridgehead atoms. The van der Waals surface area contributed by atoms with Gasteiger partial charge >= 0.3 is 6.18 Å². The lowest BCUT2D eigenvalue weighted by Crippen LogP contribution is -2.22. The molecule has 0 fully saturated rings. The van der Waals surface area contributed by atoms with E-state index in [1.807, 2.05) is 0 Å². The Morgan fingerprint density at radius 2 is 1.55 bits per heavy atom. The van der Waals surface area contributed by atoms with Crippen molar-refractivity contribution in [3.63, 3.8) is 0 Å². The zero-order valence-electron chi connectivity index (χ0n) is 10.8. The molecule has 0 saturated heterocycles. The number of alkyl halides is 3. The van der Waals surface area contributed by atoms with Crippen LogP contribution in [0.25, 0.3) is 0 Å². The molecular weight excluding hydrogens is 323 g/mol. The second kappa shape index (κ2) is 6.27. The highest BCUT2D eigenvalue weighted by Gasteiger charge is 2.33. The molecule has 0 aromatic heterocycles. The van der Waals surface area contributed by atoms with E-state index in [-0.39, 0.29) is 16.5 Å². The van der Waals surface area contributed by atoms with Crippen LogP contribution in [-0.2, 0) is 6.18 Å². The summed E-state index contributed by atoms with van der Waals surface area (Å²) in [6, 6.07) is 7.32. The van der Waals surface area contributed by atoms with Crippen molar-refractivity contribution in [1.29, 1.82) is 0 Å². The normalized spacial score (nSPS) is 11.1. The maximum absolute atomic E-state index is 13.4. The predicted molar refractivity (Wildman–Crippen MR) is 77.6 cm³/mol. The van der Waals surface area contributed by atoms with Crippen LogP contribution in [0.15, 0.2) is 42.5 Å². The first kappa shape index (κ1) is 16.2. The molecule has 2 nitrogen and oxygen atoms in total. The standard InChI is InChI=1S/C14H9F5N2S/c15-8-5-6-10(16)12(7-8)21-13(22)20-11-4-2-1-3-9(11)14(17,18)19/h1-7H,(H2,20,21,22). The molecule has 0 atom stereocenters. The van der Waals surface area contributed by atoms with Crippen LogP contribution in [0.4, 0.5) is 33.3 Å². The number of benzene rings is 2. The Morgan fingerprint density at radius 1 is 0.909 bits per heavy atom. The molecule has 0 unspecified atom stereocenters. The number of hydrogen-bond donors (Lipinski definition) is 2. The third-order valence-electron chi connectivity index (χ3n) is 2.66. The minimum Gasteiger partial charge on any atom is -0.332 e. The Labute approximate surface area is 128 Å². The minimum absolute atomic E-state index is 0.276. The molecule has 0 radical (unpaired) electrons. The van der Waals surface area contributed by atoms with Gasteiger partial charge in [0.25, 0.3) is 0 Å². The number of para-hydroxylation sites is 1. The molecule has 2 aromatic carbocycles. The van der Waals surface area contributed by atoms with Gasteiger partial charge in [0.2, 0.25) is 0 Å². The average molecular weight is 332 g/mol. The van der Waals surface area contributed by atoms with Crippen LogP contribution in [0.2, 0.25) is 0 Å². The molecule has 2 aromatic rings. The van der Waals surface area contributed by atoms with Gasteiger partial charge < -0.3 is 10.6 Å². The molecule has 2 N–H and O–H groups in total. The van der Waals surface area contributed by atoms with Gasteiger partial charge in [0.1, 0.15) is 11.6 Å². The summed E-state index contributed by atoms with van der Waals surface area (Å²) in [6.07, 6.45) is -4.57. The number of nitrogens with one attached hydrogen (secondary N) is 2. The fourth-order valence-corrected chi connectivity index (χ4v) is 1.93. The van der Waals surface area contributed by atoms with Crippen molar-refractivity contribution in [2.24, 2.45) is 0 Å². The Balaban J connectivity index is 2.18. The van der Waals surface area contributed by atoms with Gasteiger partial charge in [0.05, 0.1) is 16.9 Å². The van der Waals surface area contributed by atoms with Gasteiger partial charge in [-0.15, -0.1) is 0 Å². The number of halogens is 5. The van der Waals surface area contributed by atoms with E-state index >= 15 is 0 Å². The largest absolute Gasteiger partial charge is 0.418 e. The predicted octanol–water partition coefficient (Wildman–Crippen LogP) is 4.79. The lowest BCUT2D eigenvalue weighted by molar-refractivity contribution is -0.136. The monoisotopic (exact) mass is 332 g/mol. The van der Waals surface area contributed by atoms with E-state index in [1.54, 1.807) is 0 Å². The van der Waals surface area contributed by atoms with Crippen LogP contribution >= 0.6 is 12.2 Å². The van der Waals surface area contributed by atoms with Crippen molar-refractivity contribution < 1.29 is 22.0 Å². The highest BCUT2D eigenvalue weighted by Crippen LogP contribution is 2.34. The van der Waals surface area contributed by atoms with Gasteiger partial charge in [-0.2, -0.15) is 13.2 Å². The minimum atomic E-state index is -4.57. The van der Waals surface area contributed by atoms with E-state index in [1.165, 1.54) is 18.2 Å². The molecule has 22 heavy (non-hydrogen) atoms. The third-order valence-corrected chi connectivity index (χ3v) is 2.86. The molecule has 116 valence electrons. The van der Waals surface area contributed by atoms with Crippen LogP contribution in [0.5, 0.6) is 0 Å². The summed E-state index contributed by atoms with van der Waals surface area (Å²) in [5.74, 6) is -1.49. The second-order valence-corrected chi connectivity index (χ2v) is 4.65. The molecule has 0 amide bonds. The van der Waals surface area contributed by atoms with E-state index in [0.29, 0.717) is 0 Å². The highest BCUT2D eigenvalue weighted by atomic mass is 32.1. The van der Waals surface area contributed by atoms with Gasteiger partial charge in [-0.3, -0.25) is 0 Å². The van der Waals surface area contributed by atoms with Crippen LogP contribution in [0.3, 0.4) is 0 Å². The van der Waals surface area contributed by atoms with Crippen molar-refractivity contribution in [2.45, 2.75) is 6.18 Å². The topological polar surface area (TPSA) is 24.1 Å². The molecule has 0 saturated carbocycles. The summed E-state index contributed by atoms with van der Waals surface area (Å²) in [4.78, 5) is 0. The Morgan fingerprint density at radius 3 is 2.23 bits per heavy atom. The zero-order valence-corrected chi connectivity index (χ0v) is 11.7. The van der Waals surface area contributed by atoms with E-state index < -0.39 is 23.4 Å². The van der Waals surface area contributed by atoms with Crippen molar-refractivity contribution in [3.05, 3.63) is 59.7 Å². The Hall–Kier alpha value is -2.22. The Bertz CT molecular complexity index is 700. The first-order valence-corrected chi connectivity index (χ1v) is 6.37. The molecular formula is C14H9F5N2S. The molecule has 0 aliphatic rings. The van der Waals surface area contributed by atoms with Crippen LogP contribution in [0, 0.1) is 11.6 Å². The molecule has 0 aliphatic heterocycles. The van der Waals surface area contributed by atoms with Crippen molar-refractivity contribution in [1.82, 2.24) is 0 Å². The maximum atomic E-state index is 13.4. The number of anilines is 2. The lowest BCUT2D eigenvalue weighted by Gasteiger charge is -2.16. The highest BCUT2D eigenvalue weighted by molar-refractivity contribution is 7.80. The fraction of sp³-hybridized carbons (Fsp3) is 0.0714. The number of hydrogen-bond acceptors (Lipinski definition) is 1. The smallest absolute Gasteiger partial charge is 0.332 e. The summed E-state index contributed by atoms with van der Waals surface area (Å²) in [5.41, 5.74) is -1.48. The van der Waals surface area contributed by atoms with Gasteiger partial charge in [0.15, 0.2) is 5.11 Å². The summed E-state index contributed by atoms with van der Waals surface area (Å²) in [7, 11) is 0. The number of rotatable bonds is 2. The summed E-state index contributed by atoms with van der Waals surface area (Å²) >= 11 is 4.82. The van der Waals surface area contributed by atoms with E-state index in [0.717, 1.165) is 24.3 Å². The lowest BCUT2D eigenvalue weighted by atomic mass is 10.1. The average Bonchev–Trinajstić information content (AvgIpc) is 2.42. The third kappa shape index (κ3) is 3.91. The second-order valence-electron chi connectivity index (χ2n) is 4.25. The van der Waals surface area contributed by atoms with Crippen molar-refractivity contribution >= 4 is 28.7 Å². The van der Waals surface area contributed by atoms with E-state index in [9.17, 15) is 22.0 Å². The van der Waals surface area contributed by atoms with Gasteiger partial charge in [-0.1, -0.05) is 12.1 Å². The summed E-state index contributed by atoms with van der Waals surface area (Å²) in [6.45, 7) is 0. The summed E-state index contributed by atoms with van der Waals surface area (Å²) in [5, 5.41) is 4.35. The molecule has 0 spiro atoms. The number of thiocarbonyl (C=S) groups is 1. The van der Waals surface area contributed by atoms with E-state index in [2.05, 4.69) is 10.6 Å². The van der Waals surface area contributed by atoms with Crippen molar-refractivity contribution in [3.8, 4) is 0 Å². The van der Waals surface area contributed by atoms with Gasteiger partial charge in [-0.05, 0) is 36.5 Å². The molecule has 2 rings (SSSR count). The maximum Gasteiger partial charge on any atom is 0.418 e. The first-order chi connectivity index (χ1) is 10.3. The van der Waals surface area contributed by atoms with Crippen LogP contribution < -0.4 is 10.6 Å². The molecule has 0 aliphatic carbocycles. The Kier molecular flexibility index (Phi) is 4.60. The quantitative estimate of drug-likeness (QED) is 0.611. The summed E-state index contributed by atoms with van der Waals surface area (Å²) < 4.78 is 65.0. The first-order valence-electron chi connectivity index (χ1n) is 5.96.